The number of ether oxygens (including phenoxy) is 3. The number of aromatic nitrogens is 1. The zero-order chi connectivity index (χ0) is 14.3. The van der Waals surface area contributed by atoms with Gasteiger partial charge in [0.25, 0.3) is 0 Å². The minimum absolute atomic E-state index is 0.0148. The molecule has 6 nitrogen and oxygen atoms in total. The molecule has 0 radical (unpaired) electrons. The highest BCUT2D eigenvalue weighted by atomic mass is 16.7. The van der Waals surface area contributed by atoms with Crippen molar-refractivity contribution in [3.05, 3.63) is 18.0 Å². The molecule has 0 amide bonds. The Hall–Kier alpha value is -2.11. The molecular weight excluding hydrogens is 250 g/mol. The van der Waals surface area contributed by atoms with Crippen LogP contribution >= 0.6 is 0 Å². The van der Waals surface area contributed by atoms with Crippen molar-refractivity contribution in [2.24, 2.45) is 0 Å². The minimum atomic E-state index is -0.873. The first-order chi connectivity index (χ1) is 9.10. The highest BCUT2D eigenvalue weighted by molar-refractivity contribution is 5.96. The topological polar surface area (TPSA) is 74.7 Å². The zero-order valence-electron chi connectivity index (χ0n) is 11.3. The number of pyridine rings is 1. The summed E-state index contributed by atoms with van der Waals surface area (Å²) in [6.07, 6.45) is 2.19. The Balaban J connectivity index is 2.86. The van der Waals surface area contributed by atoms with Gasteiger partial charge in [-0.05, 0) is 6.42 Å². The van der Waals surface area contributed by atoms with Gasteiger partial charge in [-0.15, -0.1) is 0 Å². The number of carbonyl (C=O) groups is 2. The van der Waals surface area contributed by atoms with Gasteiger partial charge in [-0.25, -0.2) is 9.78 Å². The number of hydrogen-bond acceptors (Lipinski definition) is 6. The molecule has 0 bridgehead atoms. The number of hydrogen-bond donors (Lipinski definition) is 0. The van der Waals surface area contributed by atoms with Gasteiger partial charge >= 0.3 is 6.16 Å². The summed E-state index contributed by atoms with van der Waals surface area (Å²) in [7, 11) is 1.41. The number of ketones is 1. The lowest BCUT2D eigenvalue weighted by Crippen LogP contribution is -2.14. The van der Waals surface area contributed by atoms with Gasteiger partial charge in [0, 0.05) is 19.2 Å². The van der Waals surface area contributed by atoms with E-state index in [-0.39, 0.29) is 29.6 Å². The third kappa shape index (κ3) is 4.24. The third-order valence-corrected chi connectivity index (χ3v) is 2.33. The SMILES string of the molecule is CCCCOC(=O)Oc1c(OC)ccnc1C(C)=O. The molecule has 0 aromatic carbocycles. The standard InChI is InChI=1S/C13H17NO5/c1-4-5-8-18-13(16)19-12-10(17-3)6-7-14-11(12)9(2)15/h6-7H,4-5,8H2,1-3H3. The van der Waals surface area contributed by atoms with Crippen molar-refractivity contribution in [3.63, 3.8) is 0 Å². The normalized spacial score (nSPS) is 9.84. The maximum Gasteiger partial charge on any atom is 0.514 e. The van der Waals surface area contributed by atoms with Gasteiger partial charge < -0.3 is 14.2 Å². The van der Waals surface area contributed by atoms with Crippen LogP contribution in [0, 0.1) is 0 Å². The first-order valence-electron chi connectivity index (χ1n) is 5.98. The summed E-state index contributed by atoms with van der Waals surface area (Å²) in [4.78, 5) is 26.8. The number of rotatable bonds is 6. The number of methoxy groups -OCH3 is 1. The van der Waals surface area contributed by atoms with Gasteiger partial charge in [0.15, 0.2) is 17.2 Å². The maximum atomic E-state index is 11.5. The van der Waals surface area contributed by atoms with Crippen LogP contribution in [0.3, 0.4) is 0 Å². The Bertz CT molecular complexity index is 458. The quantitative estimate of drug-likeness (QED) is 0.448. The smallest absolute Gasteiger partial charge is 0.493 e. The molecule has 0 fully saturated rings. The van der Waals surface area contributed by atoms with Crippen LogP contribution in [0.1, 0.15) is 37.2 Å². The van der Waals surface area contributed by atoms with E-state index in [0.29, 0.717) is 0 Å². The van der Waals surface area contributed by atoms with Crippen LogP contribution in [0.2, 0.25) is 0 Å². The van der Waals surface area contributed by atoms with Crippen LogP contribution in [0.4, 0.5) is 4.79 Å². The Kier molecular flexibility index (Phi) is 5.78. The van der Waals surface area contributed by atoms with Crippen LogP contribution < -0.4 is 9.47 Å². The van der Waals surface area contributed by atoms with E-state index in [1.807, 2.05) is 6.92 Å². The van der Waals surface area contributed by atoms with Crippen molar-refractivity contribution in [2.45, 2.75) is 26.7 Å². The molecule has 0 aliphatic carbocycles. The van der Waals surface area contributed by atoms with E-state index in [1.54, 1.807) is 0 Å². The van der Waals surface area contributed by atoms with Crippen molar-refractivity contribution >= 4 is 11.9 Å². The molecule has 1 aromatic heterocycles. The van der Waals surface area contributed by atoms with E-state index < -0.39 is 6.16 Å². The number of carbonyl (C=O) groups excluding carboxylic acids is 2. The molecular formula is C13H17NO5. The monoisotopic (exact) mass is 267 g/mol. The van der Waals surface area contributed by atoms with E-state index >= 15 is 0 Å². The van der Waals surface area contributed by atoms with Crippen molar-refractivity contribution < 1.29 is 23.8 Å². The highest BCUT2D eigenvalue weighted by Crippen LogP contribution is 2.30. The highest BCUT2D eigenvalue weighted by Gasteiger charge is 2.19. The second kappa shape index (κ2) is 7.35. The molecule has 0 saturated heterocycles. The van der Waals surface area contributed by atoms with E-state index in [9.17, 15) is 9.59 Å². The molecule has 6 heteroatoms. The predicted octanol–water partition coefficient (Wildman–Crippen LogP) is 2.61. The lowest BCUT2D eigenvalue weighted by molar-refractivity contribution is 0.0941. The molecule has 0 unspecified atom stereocenters. The summed E-state index contributed by atoms with van der Waals surface area (Å²) >= 11 is 0. The Labute approximate surface area is 111 Å². The summed E-state index contributed by atoms with van der Waals surface area (Å²) in [6, 6.07) is 1.50. The second-order valence-corrected chi connectivity index (χ2v) is 3.80. The number of nitrogens with zero attached hydrogens (tertiary/aromatic N) is 1. The summed E-state index contributed by atoms with van der Waals surface area (Å²) in [5, 5.41) is 0. The molecule has 0 saturated carbocycles. The van der Waals surface area contributed by atoms with Crippen LogP contribution in [-0.2, 0) is 4.74 Å². The molecule has 1 aromatic rings. The van der Waals surface area contributed by atoms with Crippen LogP contribution in [0.15, 0.2) is 12.3 Å². The lowest BCUT2D eigenvalue weighted by Gasteiger charge is -2.11. The Morgan fingerprint density at radius 1 is 1.37 bits per heavy atom. The van der Waals surface area contributed by atoms with Crippen molar-refractivity contribution in [1.82, 2.24) is 4.98 Å². The van der Waals surface area contributed by atoms with Crippen LogP contribution in [-0.4, -0.2) is 30.6 Å². The summed E-state index contributed by atoms with van der Waals surface area (Å²) in [6.45, 7) is 3.58. The average Bonchev–Trinajstić information content (AvgIpc) is 2.39. The van der Waals surface area contributed by atoms with Crippen molar-refractivity contribution in [2.75, 3.05) is 13.7 Å². The first kappa shape index (κ1) is 14.9. The largest absolute Gasteiger partial charge is 0.514 e. The van der Waals surface area contributed by atoms with Crippen LogP contribution in [0.5, 0.6) is 11.5 Å². The molecule has 1 rings (SSSR count). The molecule has 0 N–H and O–H groups in total. The first-order valence-corrected chi connectivity index (χ1v) is 5.98. The van der Waals surface area contributed by atoms with E-state index in [2.05, 4.69) is 4.98 Å². The van der Waals surface area contributed by atoms with E-state index in [1.165, 1.54) is 26.3 Å². The van der Waals surface area contributed by atoms with Gasteiger partial charge in [-0.3, -0.25) is 4.79 Å². The molecule has 104 valence electrons. The molecule has 0 aliphatic rings. The number of unbranched alkanes of at least 4 members (excludes halogenated alkanes) is 1. The molecule has 0 aliphatic heterocycles. The third-order valence-electron chi connectivity index (χ3n) is 2.33. The fourth-order valence-corrected chi connectivity index (χ4v) is 1.35. The van der Waals surface area contributed by atoms with Gasteiger partial charge in [-0.1, -0.05) is 13.3 Å². The van der Waals surface area contributed by atoms with Gasteiger partial charge in [0.05, 0.1) is 13.7 Å². The fourth-order valence-electron chi connectivity index (χ4n) is 1.35. The molecule has 0 spiro atoms. The van der Waals surface area contributed by atoms with Gasteiger partial charge in [-0.2, -0.15) is 0 Å². The molecule has 0 atom stereocenters. The number of Topliss-reactive ketones (excluding diaryl/α,β-unsaturated/α-hetero) is 1. The van der Waals surface area contributed by atoms with Crippen molar-refractivity contribution in [1.29, 1.82) is 0 Å². The predicted molar refractivity (Wildman–Crippen MR) is 67.7 cm³/mol. The summed E-state index contributed by atoms with van der Waals surface area (Å²) in [5.41, 5.74) is 0.0341. The van der Waals surface area contributed by atoms with E-state index in [0.717, 1.165) is 12.8 Å². The Morgan fingerprint density at radius 2 is 2.11 bits per heavy atom. The summed E-state index contributed by atoms with van der Waals surface area (Å²) in [5.74, 6) is -0.0816. The van der Waals surface area contributed by atoms with Gasteiger partial charge in [0.1, 0.15) is 0 Å². The second-order valence-electron chi connectivity index (χ2n) is 3.80. The average molecular weight is 267 g/mol. The van der Waals surface area contributed by atoms with Crippen molar-refractivity contribution in [3.8, 4) is 11.5 Å². The molecule has 1 heterocycles. The fraction of sp³-hybridized carbons (Fsp3) is 0.462. The summed E-state index contributed by atoms with van der Waals surface area (Å²) < 4.78 is 14.9. The zero-order valence-corrected chi connectivity index (χ0v) is 11.3. The Morgan fingerprint density at radius 3 is 2.68 bits per heavy atom. The maximum absolute atomic E-state index is 11.5. The van der Waals surface area contributed by atoms with E-state index in [4.69, 9.17) is 14.2 Å². The van der Waals surface area contributed by atoms with Gasteiger partial charge in [0.2, 0.25) is 5.75 Å². The molecule has 19 heavy (non-hydrogen) atoms. The minimum Gasteiger partial charge on any atom is -0.493 e. The lowest BCUT2D eigenvalue weighted by atomic mass is 10.2. The van der Waals surface area contributed by atoms with Crippen LogP contribution in [0.25, 0.3) is 0 Å².